The van der Waals surface area contributed by atoms with Crippen LogP contribution < -0.4 is 9.80 Å². The van der Waals surface area contributed by atoms with E-state index >= 15 is 0 Å². The molecule has 4 heterocycles. The third-order valence-electron chi connectivity index (χ3n) is 8.38. The predicted octanol–water partition coefficient (Wildman–Crippen LogP) is 5.28. The smallest absolute Gasteiger partial charge is 0.303 e. The normalized spacial score (nSPS) is 24.9. The van der Waals surface area contributed by atoms with Gasteiger partial charge in [0.25, 0.3) is 5.91 Å². The molecule has 1 aromatic heterocycles. The standard InChI is InChI=1S/C27H24F3N5OS/c1-33-19-7-8-20(33)12-17(11-19)16-3-5-18(6-4-16)35-25(37)34(24(36)26(35)9-2-10-26)21-13-22(27(28,29)30)23(14-31)32-15-21/h3-6,11,13,15,19-20H,2,7-10,12H2,1H3. The maximum absolute atomic E-state index is 13.7. The van der Waals surface area contributed by atoms with Crippen molar-refractivity contribution in [2.24, 2.45) is 0 Å². The number of fused-ring (bicyclic) bond motifs is 2. The minimum atomic E-state index is -4.79. The summed E-state index contributed by atoms with van der Waals surface area (Å²) in [5, 5.41) is 9.21. The average Bonchev–Trinajstić information content (AvgIpc) is 3.19. The number of hydrogen-bond donors (Lipinski definition) is 0. The third-order valence-corrected chi connectivity index (χ3v) is 8.74. The molecule has 10 heteroatoms. The lowest BCUT2D eigenvalue weighted by Crippen LogP contribution is -2.55. The lowest BCUT2D eigenvalue weighted by atomic mass is 9.75. The van der Waals surface area contributed by atoms with Crippen LogP contribution in [0.2, 0.25) is 0 Å². The summed E-state index contributed by atoms with van der Waals surface area (Å²) >= 11 is 5.70. The van der Waals surface area contributed by atoms with Crippen molar-refractivity contribution in [1.29, 1.82) is 5.26 Å². The zero-order valence-electron chi connectivity index (χ0n) is 20.1. The van der Waals surface area contributed by atoms with Crippen molar-refractivity contribution in [3.05, 3.63) is 59.4 Å². The molecular weight excluding hydrogens is 499 g/mol. The molecule has 6 nitrogen and oxygen atoms in total. The molecule has 2 saturated heterocycles. The summed E-state index contributed by atoms with van der Waals surface area (Å²) in [6.07, 6.45) is 3.96. The fraction of sp³-hybridized carbons (Fsp3) is 0.407. The van der Waals surface area contributed by atoms with Crippen LogP contribution in [0.15, 0.2) is 42.6 Å². The van der Waals surface area contributed by atoms with Gasteiger partial charge in [0.1, 0.15) is 11.6 Å². The minimum Gasteiger partial charge on any atom is -0.303 e. The second-order valence-corrected chi connectivity index (χ2v) is 10.6. The molecule has 1 spiro atoms. The SMILES string of the molecule is CN1C2C=C(c3ccc(N4C(=S)N(c5cnc(C#N)c(C(F)(F)F)c5)C(=O)C45CCC5)cc3)CC1CC2. The summed E-state index contributed by atoms with van der Waals surface area (Å²) in [6.45, 7) is 0. The summed E-state index contributed by atoms with van der Waals surface area (Å²) in [5.41, 5.74) is 0.260. The highest BCUT2D eigenvalue weighted by Crippen LogP contribution is 2.48. The van der Waals surface area contributed by atoms with Gasteiger partial charge in [-0.05, 0) is 87.1 Å². The topological polar surface area (TPSA) is 63.5 Å². The van der Waals surface area contributed by atoms with E-state index < -0.39 is 23.0 Å². The number of amides is 1. The van der Waals surface area contributed by atoms with Crippen molar-refractivity contribution in [3.63, 3.8) is 0 Å². The molecule has 1 saturated carbocycles. The molecule has 3 fully saturated rings. The number of thiocarbonyl (C=S) groups is 1. The number of hydrogen-bond acceptors (Lipinski definition) is 5. The van der Waals surface area contributed by atoms with Crippen LogP contribution in [-0.2, 0) is 11.0 Å². The van der Waals surface area contributed by atoms with Crippen molar-refractivity contribution in [2.45, 2.75) is 62.3 Å². The highest BCUT2D eigenvalue weighted by molar-refractivity contribution is 7.81. The first-order chi connectivity index (χ1) is 17.6. The summed E-state index contributed by atoms with van der Waals surface area (Å²) in [6, 6.07) is 11.3. The van der Waals surface area contributed by atoms with Crippen LogP contribution in [0.25, 0.3) is 5.57 Å². The van der Waals surface area contributed by atoms with Crippen molar-refractivity contribution >= 4 is 40.2 Å². The molecule has 2 aromatic rings. The summed E-state index contributed by atoms with van der Waals surface area (Å²) in [5.74, 6) is -0.359. The zero-order valence-corrected chi connectivity index (χ0v) is 20.9. The maximum atomic E-state index is 13.7. The number of alkyl halides is 3. The molecule has 1 amide bonds. The summed E-state index contributed by atoms with van der Waals surface area (Å²) < 4.78 is 40.8. The quantitative estimate of drug-likeness (QED) is 0.510. The van der Waals surface area contributed by atoms with Crippen LogP contribution in [0.1, 0.15) is 55.3 Å². The van der Waals surface area contributed by atoms with Gasteiger partial charge >= 0.3 is 6.18 Å². The lowest BCUT2D eigenvalue weighted by molar-refractivity contribution is -0.138. The number of carbonyl (C=O) groups excluding carboxylic acids is 1. The molecule has 0 N–H and O–H groups in total. The summed E-state index contributed by atoms with van der Waals surface area (Å²) in [4.78, 5) is 22.7. The van der Waals surface area contributed by atoms with Crippen molar-refractivity contribution in [2.75, 3.05) is 16.8 Å². The van der Waals surface area contributed by atoms with E-state index in [0.29, 0.717) is 24.9 Å². The van der Waals surface area contributed by atoms with E-state index in [1.165, 1.54) is 24.5 Å². The van der Waals surface area contributed by atoms with Gasteiger partial charge < -0.3 is 4.90 Å². The molecule has 37 heavy (non-hydrogen) atoms. The Morgan fingerprint density at radius 1 is 1.16 bits per heavy atom. The number of pyridine rings is 1. The lowest BCUT2D eigenvalue weighted by Gasteiger charge is -2.43. The molecule has 1 aliphatic carbocycles. The number of benzene rings is 1. The van der Waals surface area contributed by atoms with Crippen LogP contribution in [0.4, 0.5) is 24.5 Å². The Balaban J connectivity index is 1.34. The first-order valence-electron chi connectivity index (χ1n) is 12.3. The van der Waals surface area contributed by atoms with Crippen LogP contribution in [0, 0.1) is 11.3 Å². The molecular formula is C27H24F3N5OS. The van der Waals surface area contributed by atoms with Gasteiger partial charge in [-0.1, -0.05) is 18.2 Å². The first kappa shape index (κ1) is 24.1. The van der Waals surface area contributed by atoms with Gasteiger partial charge in [-0.15, -0.1) is 0 Å². The maximum Gasteiger partial charge on any atom is 0.419 e. The second-order valence-electron chi connectivity index (χ2n) is 10.2. The zero-order chi connectivity index (χ0) is 26.1. The van der Waals surface area contributed by atoms with Crippen LogP contribution in [0.5, 0.6) is 0 Å². The Bertz CT molecular complexity index is 1380. The second kappa shape index (κ2) is 8.36. The Hall–Kier alpha value is -3.29. The fourth-order valence-corrected chi connectivity index (χ4v) is 6.64. The Morgan fingerprint density at radius 2 is 1.89 bits per heavy atom. The van der Waals surface area contributed by atoms with E-state index in [0.717, 1.165) is 41.3 Å². The molecule has 2 atom stereocenters. The molecule has 6 rings (SSSR count). The van der Waals surface area contributed by atoms with E-state index in [2.05, 4.69) is 23.0 Å². The van der Waals surface area contributed by atoms with E-state index in [9.17, 15) is 18.0 Å². The van der Waals surface area contributed by atoms with Gasteiger partial charge in [-0.3, -0.25) is 14.6 Å². The van der Waals surface area contributed by atoms with Crippen LogP contribution >= 0.6 is 12.2 Å². The van der Waals surface area contributed by atoms with Gasteiger partial charge in [-0.2, -0.15) is 18.4 Å². The van der Waals surface area contributed by atoms with Gasteiger partial charge in [0, 0.05) is 17.8 Å². The fourth-order valence-electron chi connectivity index (χ4n) is 6.17. The Labute approximate surface area is 218 Å². The molecule has 3 aliphatic heterocycles. The highest BCUT2D eigenvalue weighted by Gasteiger charge is 2.59. The first-order valence-corrected chi connectivity index (χ1v) is 12.7. The summed E-state index contributed by atoms with van der Waals surface area (Å²) in [7, 11) is 2.18. The molecule has 1 aromatic carbocycles. The molecule has 2 bridgehead atoms. The number of nitrogens with zero attached hydrogens (tertiary/aromatic N) is 5. The van der Waals surface area contributed by atoms with Gasteiger partial charge in [0.2, 0.25) is 0 Å². The number of carbonyl (C=O) groups is 1. The van der Waals surface area contributed by atoms with Gasteiger partial charge in [-0.25, -0.2) is 4.98 Å². The molecule has 0 radical (unpaired) electrons. The predicted molar refractivity (Wildman–Crippen MR) is 137 cm³/mol. The van der Waals surface area contributed by atoms with E-state index in [1.54, 1.807) is 4.90 Å². The molecule has 190 valence electrons. The van der Waals surface area contributed by atoms with E-state index in [1.807, 2.05) is 24.3 Å². The van der Waals surface area contributed by atoms with Gasteiger partial charge in [0.15, 0.2) is 10.8 Å². The molecule has 2 unspecified atom stereocenters. The average molecular weight is 524 g/mol. The number of likely N-dealkylation sites (N-methyl/N-ethyl adjacent to an activating group) is 1. The van der Waals surface area contributed by atoms with Crippen molar-refractivity contribution in [1.82, 2.24) is 9.88 Å². The van der Waals surface area contributed by atoms with Crippen LogP contribution in [-0.4, -0.2) is 45.6 Å². The minimum absolute atomic E-state index is 0.0846. The Kier molecular flexibility index (Phi) is 5.44. The Morgan fingerprint density at radius 3 is 2.49 bits per heavy atom. The monoisotopic (exact) mass is 523 g/mol. The number of rotatable bonds is 3. The number of halogens is 3. The largest absolute Gasteiger partial charge is 0.419 e. The number of nitriles is 1. The van der Waals surface area contributed by atoms with Gasteiger partial charge in [0.05, 0.1) is 17.4 Å². The number of aromatic nitrogens is 1. The van der Waals surface area contributed by atoms with Crippen molar-refractivity contribution < 1.29 is 18.0 Å². The third kappa shape index (κ3) is 3.59. The number of anilines is 2. The van der Waals surface area contributed by atoms with Crippen molar-refractivity contribution in [3.8, 4) is 6.07 Å². The molecule has 4 aliphatic rings. The van der Waals surface area contributed by atoms with E-state index in [-0.39, 0.29) is 16.7 Å². The van der Waals surface area contributed by atoms with E-state index in [4.69, 9.17) is 17.5 Å². The van der Waals surface area contributed by atoms with Crippen LogP contribution in [0.3, 0.4) is 0 Å². The highest BCUT2D eigenvalue weighted by atomic mass is 32.1.